The fourth-order valence-electron chi connectivity index (χ4n) is 2.20. The third-order valence-electron chi connectivity index (χ3n) is 3.52. The second kappa shape index (κ2) is 8.15. The topological polar surface area (TPSA) is 116 Å². The van der Waals surface area contributed by atoms with E-state index in [0.717, 1.165) is 5.69 Å². The van der Waals surface area contributed by atoms with Crippen molar-refractivity contribution < 1.29 is 9.59 Å². The van der Waals surface area contributed by atoms with Crippen molar-refractivity contribution in [2.75, 3.05) is 11.9 Å². The average Bonchev–Trinajstić information content (AvgIpc) is 3.26. The number of rotatable bonds is 6. The van der Waals surface area contributed by atoms with Gasteiger partial charge in [0, 0.05) is 24.9 Å². The third kappa shape index (κ3) is 4.12. The van der Waals surface area contributed by atoms with Gasteiger partial charge in [0.25, 0.3) is 11.8 Å². The van der Waals surface area contributed by atoms with Gasteiger partial charge in [-0.05, 0) is 28.1 Å². The molecule has 2 heterocycles. The van der Waals surface area contributed by atoms with Crippen LogP contribution in [0.4, 0.5) is 5.82 Å². The lowest BCUT2D eigenvalue weighted by atomic mass is 10.2. The monoisotopic (exact) mass is 436 g/mol. The van der Waals surface area contributed by atoms with Gasteiger partial charge >= 0.3 is 0 Å². The number of nitrogens with zero attached hydrogens (tertiary/aromatic N) is 2. The highest BCUT2D eigenvalue weighted by Crippen LogP contribution is 2.25. The van der Waals surface area contributed by atoms with Gasteiger partial charge in [0.2, 0.25) is 0 Å². The summed E-state index contributed by atoms with van der Waals surface area (Å²) in [6.45, 7) is 0.424. The quantitative estimate of drug-likeness (QED) is 0.474. The molecule has 0 saturated carbocycles. The van der Waals surface area contributed by atoms with Crippen molar-refractivity contribution in [3.8, 4) is 0 Å². The fraction of sp³-hybridized carbons (Fsp3) is 0.125. The Balaban J connectivity index is 1.62. The Morgan fingerprint density at radius 2 is 2.04 bits per heavy atom. The summed E-state index contributed by atoms with van der Waals surface area (Å²) in [5, 5.41) is 12.3. The summed E-state index contributed by atoms with van der Waals surface area (Å²) in [5.74, 6) is -0.565. The van der Waals surface area contributed by atoms with E-state index in [1.165, 1.54) is 0 Å². The summed E-state index contributed by atoms with van der Waals surface area (Å²) < 4.78 is 0.358. The number of imidazole rings is 1. The molecule has 0 bridgehead atoms. The SMILES string of the molecule is O=C(Nc1n[nH]c(C(=O)NCCc2cnc[nH]2)c1Br)c1ccccc1Cl. The minimum absolute atomic E-state index is 0.202. The number of hydrogen-bond donors (Lipinski definition) is 4. The predicted octanol–water partition coefficient (Wildman–Crippen LogP) is 2.77. The number of benzene rings is 1. The van der Waals surface area contributed by atoms with E-state index in [4.69, 9.17) is 11.6 Å². The first-order valence-electron chi connectivity index (χ1n) is 7.61. The van der Waals surface area contributed by atoms with E-state index in [1.807, 2.05) is 0 Å². The van der Waals surface area contributed by atoms with Gasteiger partial charge in [0.15, 0.2) is 5.82 Å². The second-order valence-electron chi connectivity index (χ2n) is 5.28. The first-order chi connectivity index (χ1) is 12.6. The molecule has 134 valence electrons. The molecular weight excluding hydrogens is 424 g/mol. The minimum atomic E-state index is -0.422. The zero-order chi connectivity index (χ0) is 18.5. The molecule has 4 N–H and O–H groups in total. The molecule has 0 radical (unpaired) electrons. The zero-order valence-corrected chi connectivity index (χ0v) is 15.7. The van der Waals surface area contributed by atoms with E-state index in [1.54, 1.807) is 36.8 Å². The molecule has 0 fully saturated rings. The van der Waals surface area contributed by atoms with Crippen LogP contribution in [0.1, 0.15) is 26.5 Å². The predicted molar refractivity (Wildman–Crippen MR) is 100 cm³/mol. The van der Waals surface area contributed by atoms with Crippen LogP contribution in [0.2, 0.25) is 5.02 Å². The summed E-state index contributed by atoms with van der Waals surface area (Å²) in [7, 11) is 0. The number of carbonyl (C=O) groups is 2. The van der Waals surface area contributed by atoms with Crippen molar-refractivity contribution in [2.45, 2.75) is 6.42 Å². The summed E-state index contributed by atoms with van der Waals surface area (Å²) in [6.07, 6.45) is 3.89. The molecule has 3 aromatic rings. The number of amides is 2. The van der Waals surface area contributed by atoms with Crippen molar-refractivity contribution in [2.24, 2.45) is 0 Å². The lowest BCUT2D eigenvalue weighted by molar-refractivity contribution is 0.0947. The smallest absolute Gasteiger partial charge is 0.270 e. The number of anilines is 1. The Bertz CT molecular complexity index is 925. The highest BCUT2D eigenvalue weighted by molar-refractivity contribution is 9.10. The van der Waals surface area contributed by atoms with Crippen LogP contribution in [0.5, 0.6) is 0 Å². The van der Waals surface area contributed by atoms with Gasteiger partial charge in [-0.1, -0.05) is 23.7 Å². The molecule has 2 aromatic heterocycles. The summed E-state index contributed by atoms with van der Waals surface area (Å²) in [5.41, 5.74) is 1.44. The molecule has 2 amide bonds. The van der Waals surface area contributed by atoms with E-state index in [-0.39, 0.29) is 17.4 Å². The fourth-order valence-corrected chi connectivity index (χ4v) is 2.88. The van der Waals surface area contributed by atoms with Gasteiger partial charge in [-0.25, -0.2) is 4.98 Å². The van der Waals surface area contributed by atoms with E-state index >= 15 is 0 Å². The molecule has 8 nitrogen and oxygen atoms in total. The van der Waals surface area contributed by atoms with E-state index in [0.29, 0.717) is 28.0 Å². The largest absolute Gasteiger partial charge is 0.350 e. The molecule has 0 atom stereocenters. The molecule has 0 aliphatic rings. The van der Waals surface area contributed by atoms with Gasteiger partial charge in [-0.2, -0.15) is 5.10 Å². The Labute approximate surface area is 161 Å². The maximum absolute atomic E-state index is 12.3. The van der Waals surface area contributed by atoms with Gasteiger partial charge in [0.1, 0.15) is 5.69 Å². The van der Waals surface area contributed by atoms with Gasteiger partial charge in [0.05, 0.1) is 21.4 Å². The minimum Gasteiger partial charge on any atom is -0.350 e. The van der Waals surface area contributed by atoms with Crippen LogP contribution in [-0.4, -0.2) is 38.5 Å². The lowest BCUT2D eigenvalue weighted by Gasteiger charge is -2.05. The number of aromatic nitrogens is 4. The van der Waals surface area contributed by atoms with Crippen LogP contribution in [0.15, 0.2) is 41.3 Å². The molecule has 0 aliphatic heterocycles. The average molecular weight is 438 g/mol. The Morgan fingerprint density at radius 3 is 2.77 bits per heavy atom. The maximum Gasteiger partial charge on any atom is 0.270 e. The van der Waals surface area contributed by atoms with Crippen LogP contribution >= 0.6 is 27.5 Å². The van der Waals surface area contributed by atoms with Crippen LogP contribution < -0.4 is 10.6 Å². The van der Waals surface area contributed by atoms with Crippen LogP contribution in [0.3, 0.4) is 0 Å². The number of nitrogens with one attached hydrogen (secondary N) is 4. The van der Waals surface area contributed by atoms with Crippen molar-refractivity contribution in [1.82, 2.24) is 25.5 Å². The molecule has 0 aliphatic carbocycles. The molecule has 3 rings (SSSR count). The molecule has 0 saturated heterocycles. The molecule has 26 heavy (non-hydrogen) atoms. The van der Waals surface area contributed by atoms with Crippen LogP contribution in [-0.2, 0) is 6.42 Å². The maximum atomic E-state index is 12.3. The highest BCUT2D eigenvalue weighted by Gasteiger charge is 2.19. The zero-order valence-electron chi connectivity index (χ0n) is 13.3. The van der Waals surface area contributed by atoms with Crippen LogP contribution in [0.25, 0.3) is 0 Å². The molecule has 1 aromatic carbocycles. The van der Waals surface area contributed by atoms with Crippen molar-refractivity contribution in [3.05, 3.63) is 63.2 Å². The Kier molecular flexibility index (Phi) is 5.69. The summed E-state index contributed by atoms with van der Waals surface area (Å²) >= 11 is 9.29. The Hall–Kier alpha value is -2.65. The third-order valence-corrected chi connectivity index (χ3v) is 4.62. The number of H-pyrrole nitrogens is 2. The van der Waals surface area contributed by atoms with E-state index < -0.39 is 5.91 Å². The number of aromatic amines is 2. The number of halogens is 2. The van der Waals surface area contributed by atoms with Crippen molar-refractivity contribution in [3.63, 3.8) is 0 Å². The normalized spacial score (nSPS) is 10.5. The first-order valence-corrected chi connectivity index (χ1v) is 8.78. The molecule has 0 spiro atoms. The van der Waals surface area contributed by atoms with E-state index in [2.05, 4.69) is 46.7 Å². The molecule has 0 unspecified atom stereocenters. The first kappa shape index (κ1) is 18.2. The summed E-state index contributed by atoms with van der Waals surface area (Å²) in [4.78, 5) is 31.4. The molecule has 10 heteroatoms. The summed E-state index contributed by atoms with van der Waals surface area (Å²) in [6, 6.07) is 6.66. The van der Waals surface area contributed by atoms with Crippen molar-refractivity contribution >= 4 is 45.2 Å². The number of carbonyl (C=O) groups excluding carboxylic acids is 2. The second-order valence-corrected chi connectivity index (χ2v) is 6.48. The van der Waals surface area contributed by atoms with Gasteiger partial charge in [-0.15, -0.1) is 0 Å². The highest BCUT2D eigenvalue weighted by atomic mass is 79.9. The molecular formula is C16H14BrClN6O2. The van der Waals surface area contributed by atoms with Crippen molar-refractivity contribution in [1.29, 1.82) is 0 Å². The van der Waals surface area contributed by atoms with Gasteiger partial charge < -0.3 is 15.6 Å². The Morgan fingerprint density at radius 1 is 1.23 bits per heavy atom. The number of hydrogen-bond acceptors (Lipinski definition) is 4. The lowest BCUT2D eigenvalue weighted by Crippen LogP contribution is -2.26. The van der Waals surface area contributed by atoms with E-state index in [9.17, 15) is 9.59 Å². The standard InChI is InChI=1S/C16H14BrClN6O2/c17-12-13(16(26)20-6-5-9-7-19-8-21-9)23-24-14(12)22-15(25)10-3-1-2-4-11(10)18/h1-4,7-8H,5-6H2,(H,19,21)(H,20,26)(H2,22,23,24,25). The van der Waals surface area contributed by atoms with Gasteiger partial charge in [-0.3, -0.25) is 14.7 Å². The van der Waals surface area contributed by atoms with Crippen LogP contribution in [0, 0.1) is 0 Å².